The average Bonchev–Trinajstić information content (AvgIpc) is 3.03. The number of nitro groups is 1. The third-order valence-electron chi connectivity index (χ3n) is 4.39. The summed E-state index contributed by atoms with van der Waals surface area (Å²) in [5.41, 5.74) is 0.0961. The Morgan fingerprint density at radius 1 is 1.42 bits per heavy atom. The van der Waals surface area contributed by atoms with Gasteiger partial charge in [-0.05, 0) is 26.3 Å². The van der Waals surface area contributed by atoms with Crippen molar-refractivity contribution in [3.8, 4) is 0 Å². The van der Waals surface area contributed by atoms with Gasteiger partial charge in [-0.15, -0.1) is 0 Å². The van der Waals surface area contributed by atoms with Crippen LogP contribution < -0.4 is 0 Å². The van der Waals surface area contributed by atoms with Crippen LogP contribution in [-0.2, 0) is 15.9 Å². The number of fused-ring (bicyclic) bond motifs is 2. The highest BCUT2D eigenvalue weighted by Gasteiger charge is 2.53. The van der Waals surface area contributed by atoms with Crippen molar-refractivity contribution in [2.24, 2.45) is 0 Å². The molecule has 1 amide bonds. The van der Waals surface area contributed by atoms with Gasteiger partial charge < -0.3 is 9.47 Å². The molecule has 0 aliphatic carbocycles. The average molecular weight is 334 g/mol. The maximum Gasteiger partial charge on any atom is 0.410 e. The molecule has 0 radical (unpaired) electrons. The molecule has 3 rings (SSSR count). The number of hydrogen-bond donors (Lipinski definition) is 0. The Morgan fingerprint density at radius 3 is 2.67 bits per heavy atom. The van der Waals surface area contributed by atoms with Crippen LogP contribution in [0.3, 0.4) is 0 Å². The van der Waals surface area contributed by atoms with E-state index in [1.54, 1.807) is 17.0 Å². The zero-order valence-corrected chi connectivity index (χ0v) is 14.2. The van der Waals surface area contributed by atoms with E-state index in [9.17, 15) is 14.9 Å². The number of hydrogen-bond acceptors (Lipinski definition) is 5. The fourth-order valence-corrected chi connectivity index (χ4v) is 3.39. The van der Waals surface area contributed by atoms with Gasteiger partial charge >= 0.3 is 6.09 Å². The van der Waals surface area contributed by atoms with E-state index in [0.29, 0.717) is 19.6 Å². The van der Waals surface area contributed by atoms with E-state index in [-0.39, 0.29) is 17.8 Å². The highest BCUT2D eigenvalue weighted by molar-refractivity contribution is 5.69. The van der Waals surface area contributed by atoms with Crippen LogP contribution in [0, 0.1) is 10.1 Å². The standard InChI is InChI=1S/C17H22N2O5/c1-16(2,3)24-15(20)18-11-17(9-14(18)10-23-17)8-12-4-6-13(7-5-12)19(21)22/h4-7,14H,8-11H2,1-3H3/t14-,17-/m1/s1. The third kappa shape index (κ3) is 3.36. The summed E-state index contributed by atoms with van der Waals surface area (Å²) >= 11 is 0. The Labute approximate surface area is 140 Å². The SMILES string of the molecule is CC(C)(C)OC(=O)N1C[C@@]2(Cc3ccc([N+](=O)[O-])cc3)C[C@@H]1CO2. The summed E-state index contributed by atoms with van der Waals surface area (Å²) in [6, 6.07) is 6.54. The lowest BCUT2D eigenvalue weighted by atomic mass is 9.93. The van der Waals surface area contributed by atoms with E-state index in [1.807, 2.05) is 20.8 Å². The molecule has 2 aliphatic rings. The maximum atomic E-state index is 12.3. The first kappa shape index (κ1) is 16.7. The second-order valence-corrected chi connectivity index (χ2v) is 7.56. The molecule has 0 N–H and O–H groups in total. The molecule has 2 heterocycles. The molecule has 1 aromatic rings. The van der Waals surface area contributed by atoms with Gasteiger partial charge in [-0.25, -0.2) is 4.79 Å². The van der Waals surface area contributed by atoms with Gasteiger partial charge in [0.1, 0.15) is 5.60 Å². The van der Waals surface area contributed by atoms with E-state index in [2.05, 4.69) is 0 Å². The van der Waals surface area contributed by atoms with Crippen molar-refractivity contribution in [2.75, 3.05) is 13.2 Å². The molecule has 2 saturated heterocycles. The van der Waals surface area contributed by atoms with E-state index in [1.165, 1.54) is 12.1 Å². The van der Waals surface area contributed by atoms with E-state index >= 15 is 0 Å². The predicted molar refractivity (Wildman–Crippen MR) is 86.8 cm³/mol. The summed E-state index contributed by atoms with van der Waals surface area (Å²) < 4.78 is 11.4. The fraction of sp³-hybridized carbons (Fsp3) is 0.588. The van der Waals surface area contributed by atoms with E-state index < -0.39 is 16.1 Å². The van der Waals surface area contributed by atoms with Crippen molar-refractivity contribution in [1.82, 2.24) is 4.90 Å². The summed E-state index contributed by atoms with van der Waals surface area (Å²) in [7, 11) is 0. The normalized spacial score (nSPS) is 25.8. The Bertz CT molecular complexity index is 652. The van der Waals surface area contributed by atoms with Crippen molar-refractivity contribution in [3.05, 3.63) is 39.9 Å². The Hall–Kier alpha value is -2.15. The van der Waals surface area contributed by atoms with Gasteiger partial charge in [-0.3, -0.25) is 15.0 Å². The fourth-order valence-electron chi connectivity index (χ4n) is 3.39. The lowest BCUT2D eigenvalue weighted by Crippen LogP contribution is -2.48. The van der Waals surface area contributed by atoms with Crippen LogP contribution in [0.25, 0.3) is 0 Å². The van der Waals surface area contributed by atoms with Gasteiger partial charge in [0.15, 0.2) is 0 Å². The molecule has 2 aliphatic heterocycles. The summed E-state index contributed by atoms with van der Waals surface area (Å²) in [5, 5.41) is 10.7. The second-order valence-electron chi connectivity index (χ2n) is 7.56. The molecule has 24 heavy (non-hydrogen) atoms. The number of non-ortho nitro benzene ring substituents is 1. The van der Waals surface area contributed by atoms with Crippen LogP contribution in [0.15, 0.2) is 24.3 Å². The van der Waals surface area contributed by atoms with Gasteiger partial charge in [0, 0.05) is 25.0 Å². The molecule has 0 saturated carbocycles. The smallest absolute Gasteiger partial charge is 0.410 e. The number of carbonyl (C=O) groups is 1. The lowest BCUT2D eigenvalue weighted by molar-refractivity contribution is -0.384. The van der Waals surface area contributed by atoms with Crippen LogP contribution in [0.4, 0.5) is 10.5 Å². The van der Waals surface area contributed by atoms with Crippen molar-refractivity contribution < 1.29 is 19.2 Å². The van der Waals surface area contributed by atoms with Gasteiger partial charge in [0.2, 0.25) is 0 Å². The lowest BCUT2D eigenvalue weighted by Gasteiger charge is -2.34. The van der Waals surface area contributed by atoms with Gasteiger partial charge in [0.25, 0.3) is 5.69 Å². The number of amides is 1. The number of ether oxygens (including phenoxy) is 2. The molecular formula is C17H22N2O5. The van der Waals surface area contributed by atoms with Crippen LogP contribution in [0.1, 0.15) is 32.8 Å². The summed E-state index contributed by atoms with van der Waals surface area (Å²) in [4.78, 5) is 24.4. The molecule has 2 atom stereocenters. The Morgan fingerprint density at radius 2 is 2.08 bits per heavy atom. The number of benzene rings is 1. The number of carbonyl (C=O) groups excluding carboxylic acids is 1. The topological polar surface area (TPSA) is 81.9 Å². The van der Waals surface area contributed by atoms with E-state index in [0.717, 1.165) is 12.0 Å². The summed E-state index contributed by atoms with van der Waals surface area (Å²) in [5.74, 6) is 0. The molecule has 0 spiro atoms. The highest BCUT2D eigenvalue weighted by atomic mass is 16.6. The minimum Gasteiger partial charge on any atom is -0.444 e. The minimum absolute atomic E-state index is 0.0397. The zero-order valence-electron chi connectivity index (χ0n) is 14.2. The first-order valence-corrected chi connectivity index (χ1v) is 8.04. The first-order chi connectivity index (χ1) is 11.2. The predicted octanol–water partition coefficient (Wildman–Crippen LogP) is 2.92. The second kappa shape index (κ2) is 5.73. The molecule has 1 aromatic carbocycles. The summed E-state index contributed by atoms with van der Waals surface area (Å²) in [6.45, 7) is 6.54. The number of nitrogens with zero attached hydrogens (tertiary/aromatic N) is 2. The van der Waals surface area contributed by atoms with Gasteiger partial charge in [0.05, 0.1) is 29.7 Å². The van der Waals surface area contributed by atoms with Crippen molar-refractivity contribution in [1.29, 1.82) is 0 Å². The molecule has 0 unspecified atom stereocenters. The van der Waals surface area contributed by atoms with Crippen molar-refractivity contribution in [3.63, 3.8) is 0 Å². The number of nitro benzene ring substituents is 1. The number of likely N-dealkylation sites (tertiary alicyclic amines) is 1. The van der Waals surface area contributed by atoms with Gasteiger partial charge in [-0.2, -0.15) is 0 Å². The van der Waals surface area contributed by atoms with Crippen LogP contribution in [0.2, 0.25) is 0 Å². The minimum atomic E-state index is -0.523. The first-order valence-electron chi connectivity index (χ1n) is 8.04. The Balaban J connectivity index is 1.69. The van der Waals surface area contributed by atoms with Gasteiger partial charge in [-0.1, -0.05) is 12.1 Å². The Kier molecular flexibility index (Phi) is 3.99. The molecule has 7 nitrogen and oxygen atoms in total. The molecule has 130 valence electrons. The van der Waals surface area contributed by atoms with Crippen molar-refractivity contribution in [2.45, 2.75) is 50.9 Å². The van der Waals surface area contributed by atoms with Crippen LogP contribution in [-0.4, -0.2) is 46.3 Å². The molecule has 7 heteroatoms. The molecule has 2 fully saturated rings. The number of rotatable bonds is 3. The highest BCUT2D eigenvalue weighted by Crippen LogP contribution is 2.40. The van der Waals surface area contributed by atoms with E-state index in [4.69, 9.17) is 9.47 Å². The molecule has 0 aromatic heterocycles. The summed E-state index contributed by atoms with van der Waals surface area (Å²) in [6.07, 6.45) is 1.09. The molecule has 2 bridgehead atoms. The maximum absolute atomic E-state index is 12.3. The number of morpholine rings is 1. The van der Waals surface area contributed by atoms with Crippen LogP contribution >= 0.6 is 0 Å². The third-order valence-corrected chi connectivity index (χ3v) is 4.39. The largest absolute Gasteiger partial charge is 0.444 e. The van der Waals surface area contributed by atoms with Crippen LogP contribution in [0.5, 0.6) is 0 Å². The zero-order chi connectivity index (χ0) is 17.5. The van der Waals surface area contributed by atoms with Crippen molar-refractivity contribution >= 4 is 11.8 Å². The monoisotopic (exact) mass is 334 g/mol. The molecular weight excluding hydrogens is 312 g/mol. The quantitative estimate of drug-likeness (QED) is 0.627.